The minimum atomic E-state index is -3.60. The van der Waals surface area contributed by atoms with Crippen LogP contribution in [-0.2, 0) is 10.0 Å². The number of halogens is 2. The Balaban J connectivity index is 1.85. The summed E-state index contributed by atoms with van der Waals surface area (Å²) < 4.78 is 27.0. The van der Waals surface area contributed by atoms with Gasteiger partial charge in [-0.3, -0.25) is 0 Å². The zero-order chi connectivity index (χ0) is 15.3. The Bertz CT molecular complexity index is 572. The molecule has 0 radical (unpaired) electrons. The second-order valence-electron chi connectivity index (χ2n) is 5.21. The normalized spacial score (nSPS) is 17.0. The first-order valence-corrected chi connectivity index (χ1v) is 9.40. The predicted molar refractivity (Wildman–Crippen MR) is 86.6 cm³/mol. The van der Waals surface area contributed by atoms with Gasteiger partial charge in [-0.25, -0.2) is 13.1 Å². The lowest BCUT2D eigenvalue weighted by molar-refractivity contribution is 0.227. The summed E-state index contributed by atoms with van der Waals surface area (Å²) in [5, 5.41) is 0.315. The zero-order valence-electron chi connectivity index (χ0n) is 11.8. The van der Waals surface area contributed by atoms with Crippen molar-refractivity contribution in [2.24, 2.45) is 0 Å². The van der Waals surface area contributed by atoms with Crippen molar-refractivity contribution in [3.8, 4) is 0 Å². The van der Waals surface area contributed by atoms with Crippen LogP contribution in [0.15, 0.2) is 23.1 Å². The molecule has 0 saturated carbocycles. The third-order valence-corrected chi connectivity index (χ3v) is 6.03. The van der Waals surface area contributed by atoms with E-state index in [4.69, 9.17) is 23.2 Å². The molecule has 0 atom stereocenters. The molecule has 0 aromatic heterocycles. The highest BCUT2D eigenvalue weighted by Crippen LogP contribution is 2.28. The Kier molecular flexibility index (Phi) is 6.32. The molecule has 118 valence electrons. The van der Waals surface area contributed by atoms with E-state index >= 15 is 0 Å². The van der Waals surface area contributed by atoms with Crippen LogP contribution in [0, 0.1) is 0 Å². The largest absolute Gasteiger partial charge is 0.303 e. The van der Waals surface area contributed by atoms with Crippen LogP contribution in [-0.4, -0.2) is 39.5 Å². The SMILES string of the molecule is O=S(=O)(NCCCN1CCCCC1)c1cccc(Cl)c1Cl. The van der Waals surface area contributed by atoms with E-state index in [0.717, 1.165) is 26.1 Å². The smallest absolute Gasteiger partial charge is 0.242 e. The van der Waals surface area contributed by atoms with E-state index in [1.807, 2.05) is 0 Å². The highest BCUT2D eigenvalue weighted by molar-refractivity contribution is 7.89. The van der Waals surface area contributed by atoms with E-state index in [2.05, 4.69) is 9.62 Å². The van der Waals surface area contributed by atoms with Crippen molar-refractivity contribution in [3.05, 3.63) is 28.2 Å². The van der Waals surface area contributed by atoms with Crippen LogP contribution >= 0.6 is 23.2 Å². The van der Waals surface area contributed by atoms with E-state index in [0.29, 0.717) is 6.54 Å². The van der Waals surface area contributed by atoms with Crippen LogP contribution in [0.4, 0.5) is 0 Å². The van der Waals surface area contributed by atoms with Gasteiger partial charge < -0.3 is 4.90 Å². The van der Waals surface area contributed by atoms with E-state index in [1.165, 1.54) is 25.3 Å². The summed E-state index contributed by atoms with van der Waals surface area (Å²) in [6, 6.07) is 4.61. The van der Waals surface area contributed by atoms with E-state index in [1.54, 1.807) is 12.1 Å². The number of sulfonamides is 1. The van der Waals surface area contributed by atoms with Gasteiger partial charge in [-0.05, 0) is 51.0 Å². The highest BCUT2D eigenvalue weighted by atomic mass is 35.5. The van der Waals surface area contributed by atoms with Gasteiger partial charge in [0, 0.05) is 6.54 Å². The lowest BCUT2D eigenvalue weighted by Crippen LogP contribution is -2.33. The molecule has 0 aliphatic carbocycles. The molecule has 1 fully saturated rings. The molecule has 1 aliphatic rings. The summed E-state index contributed by atoms with van der Waals surface area (Å²) >= 11 is 11.8. The van der Waals surface area contributed by atoms with Crippen LogP contribution in [0.5, 0.6) is 0 Å². The maximum atomic E-state index is 12.2. The molecule has 1 saturated heterocycles. The summed E-state index contributed by atoms with van der Waals surface area (Å²) in [6.45, 7) is 3.56. The van der Waals surface area contributed by atoms with Crippen LogP contribution in [0.25, 0.3) is 0 Å². The standard InChI is InChI=1S/C14H20Cl2N2O2S/c15-12-6-4-7-13(14(12)16)21(19,20)17-8-5-11-18-9-2-1-3-10-18/h4,6-7,17H,1-3,5,8-11H2. The first-order valence-electron chi connectivity index (χ1n) is 7.17. The van der Waals surface area contributed by atoms with Gasteiger partial charge in [0.25, 0.3) is 0 Å². The number of nitrogens with one attached hydrogen (secondary N) is 1. The number of piperidine rings is 1. The summed E-state index contributed by atoms with van der Waals surface area (Å²) in [5.41, 5.74) is 0. The molecule has 4 nitrogen and oxygen atoms in total. The average molecular weight is 351 g/mol. The summed E-state index contributed by atoms with van der Waals surface area (Å²) in [4.78, 5) is 2.42. The van der Waals surface area contributed by atoms with Crippen LogP contribution in [0.3, 0.4) is 0 Å². The summed E-state index contributed by atoms with van der Waals surface area (Å²) in [7, 11) is -3.60. The Morgan fingerprint density at radius 1 is 1.14 bits per heavy atom. The quantitative estimate of drug-likeness (QED) is 0.801. The molecule has 0 spiro atoms. The molecule has 0 bridgehead atoms. The van der Waals surface area contributed by atoms with E-state index in [9.17, 15) is 8.42 Å². The number of hydrogen-bond donors (Lipinski definition) is 1. The van der Waals surface area contributed by atoms with Gasteiger partial charge in [0.2, 0.25) is 10.0 Å². The van der Waals surface area contributed by atoms with Crippen LogP contribution in [0.2, 0.25) is 10.0 Å². The monoisotopic (exact) mass is 350 g/mol. The van der Waals surface area contributed by atoms with Crippen molar-refractivity contribution in [1.82, 2.24) is 9.62 Å². The van der Waals surface area contributed by atoms with Crippen molar-refractivity contribution < 1.29 is 8.42 Å². The first-order chi connectivity index (χ1) is 10.0. The second-order valence-corrected chi connectivity index (χ2v) is 7.73. The number of rotatable bonds is 6. The molecule has 1 aliphatic heterocycles. The van der Waals surface area contributed by atoms with Gasteiger partial charge in [-0.2, -0.15) is 0 Å². The first kappa shape index (κ1) is 17.0. The minimum Gasteiger partial charge on any atom is -0.303 e. The second kappa shape index (κ2) is 7.79. The van der Waals surface area contributed by atoms with Crippen molar-refractivity contribution in [2.45, 2.75) is 30.6 Å². The Hall–Kier alpha value is -0.330. The molecule has 21 heavy (non-hydrogen) atoms. The Morgan fingerprint density at radius 3 is 2.57 bits per heavy atom. The van der Waals surface area contributed by atoms with Gasteiger partial charge in [0.05, 0.1) is 10.0 Å². The van der Waals surface area contributed by atoms with Gasteiger partial charge in [0.1, 0.15) is 4.90 Å². The van der Waals surface area contributed by atoms with Gasteiger partial charge in [-0.1, -0.05) is 35.7 Å². The number of likely N-dealkylation sites (tertiary alicyclic amines) is 1. The van der Waals surface area contributed by atoms with Crippen molar-refractivity contribution in [2.75, 3.05) is 26.2 Å². The van der Waals surface area contributed by atoms with E-state index < -0.39 is 10.0 Å². The van der Waals surface area contributed by atoms with Crippen LogP contribution < -0.4 is 4.72 Å². The van der Waals surface area contributed by atoms with Crippen molar-refractivity contribution in [3.63, 3.8) is 0 Å². The predicted octanol–water partition coefficient (Wildman–Crippen LogP) is 3.15. The molecule has 0 amide bonds. The molecular weight excluding hydrogens is 331 g/mol. The van der Waals surface area contributed by atoms with Gasteiger partial charge in [0.15, 0.2) is 0 Å². The van der Waals surface area contributed by atoms with Gasteiger partial charge >= 0.3 is 0 Å². The molecule has 7 heteroatoms. The number of benzene rings is 1. The van der Waals surface area contributed by atoms with Crippen LogP contribution in [0.1, 0.15) is 25.7 Å². The molecular formula is C14H20Cl2N2O2S. The Labute approximate surface area is 136 Å². The maximum absolute atomic E-state index is 12.2. The summed E-state index contributed by atoms with van der Waals surface area (Å²) in [5.74, 6) is 0. The molecule has 1 aromatic rings. The van der Waals surface area contributed by atoms with Crippen molar-refractivity contribution >= 4 is 33.2 Å². The fourth-order valence-electron chi connectivity index (χ4n) is 2.46. The van der Waals surface area contributed by atoms with E-state index in [-0.39, 0.29) is 14.9 Å². The minimum absolute atomic E-state index is 0.0367. The zero-order valence-corrected chi connectivity index (χ0v) is 14.1. The number of hydrogen-bond acceptors (Lipinski definition) is 3. The molecule has 0 unspecified atom stereocenters. The number of nitrogens with zero attached hydrogens (tertiary/aromatic N) is 1. The fourth-order valence-corrected chi connectivity index (χ4v) is 4.29. The highest BCUT2D eigenvalue weighted by Gasteiger charge is 2.19. The lowest BCUT2D eigenvalue weighted by atomic mass is 10.1. The molecule has 1 N–H and O–H groups in total. The summed E-state index contributed by atoms with van der Waals surface area (Å²) in [6.07, 6.45) is 4.57. The topological polar surface area (TPSA) is 49.4 Å². The molecule has 1 heterocycles. The molecule has 2 rings (SSSR count). The lowest BCUT2D eigenvalue weighted by Gasteiger charge is -2.26. The van der Waals surface area contributed by atoms with Crippen molar-refractivity contribution in [1.29, 1.82) is 0 Å². The average Bonchev–Trinajstić information content (AvgIpc) is 2.47. The molecule has 1 aromatic carbocycles. The maximum Gasteiger partial charge on any atom is 0.242 e. The fraction of sp³-hybridized carbons (Fsp3) is 0.571. The van der Waals surface area contributed by atoms with Gasteiger partial charge in [-0.15, -0.1) is 0 Å². The third-order valence-electron chi connectivity index (χ3n) is 3.60. The Morgan fingerprint density at radius 2 is 1.86 bits per heavy atom. The third kappa shape index (κ3) is 4.83.